The Hall–Kier alpha value is -2.74. The van der Waals surface area contributed by atoms with Crippen molar-refractivity contribution in [2.45, 2.75) is 16.2 Å². The number of rotatable bonds is 7. The summed E-state index contributed by atoms with van der Waals surface area (Å²) in [5, 5.41) is 2.89. The number of halogens is 4. The number of sulfonamides is 1. The van der Waals surface area contributed by atoms with Gasteiger partial charge in [0.05, 0.1) is 30.1 Å². The first-order valence-corrected chi connectivity index (χ1v) is 13.7. The fourth-order valence-corrected chi connectivity index (χ4v) is 4.91. The highest BCUT2D eigenvalue weighted by Gasteiger charge is 2.33. The van der Waals surface area contributed by atoms with Gasteiger partial charge in [-0.2, -0.15) is 13.2 Å². The summed E-state index contributed by atoms with van der Waals surface area (Å²) < 4.78 is 70.5. The smallest absolute Gasteiger partial charge is 0.378 e. The third-order valence-electron chi connectivity index (χ3n) is 4.94. The number of aromatic nitrogens is 2. The average molecular weight is 560 g/mol. The van der Waals surface area contributed by atoms with Crippen molar-refractivity contribution in [2.24, 2.45) is 0 Å². The van der Waals surface area contributed by atoms with Gasteiger partial charge in [0.25, 0.3) is 0 Å². The second kappa shape index (κ2) is 10.7. The van der Waals surface area contributed by atoms with E-state index in [1.54, 1.807) is 30.3 Å². The predicted molar refractivity (Wildman–Crippen MR) is 134 cm³/mol. The highest BCUT2D eigenvalue weighted by atomic mass is 35.5. The Kier molecular flexibility index (Phi) is 7.83. The molecule has 0 amide bonds. The van der Waals surface area contributed by atoms with Gasteiger partial charge in [0, 0.05) is 35.4 Å². The van der Waals surface area contributed by atoms with Crippen LogP contribution in [0.3, 0.4) is 0 Å². The molecule has 0 radical (unpaired) electrons. The quantitative estimate of drug-likeness (QED) is 0.379. The van der Waals surface area contributed by atoms with Gasteiger partial charge in [0.15, 0.2) is 5.16 Å². The zero-order valence-corrected chi connectivity index (χ0v) is 21.2. The molecule has 1 saturated heterocycles. The highest BCUT2D eigenvalue weighted by molar-refractivity contribution is 7.99. The molecule has 0 aliphatic carbocycles. The van der Waals surface area contributed by atoms with Crippen molar-refractivity contribution in [1.29, 1.82) is 0 Å². The van der Waals surface area contributed by atoms with Gasteiger partial charge in [-0.15, -0.1) is 0 Å². The third-order valence-corrected chi connectivity index (χ3v) is 6.75. The second-order valence-electron chi connectivity index (χ2n) is 7.81. The van der Waals surface area contributed by atoms with Crippen molar-refractivity contribution < 1.29 is 26.3 Å². The van der Waals surface area contributed by atoms with E-state index in [-0.39, 0.29) is 5.69 Å². The minimum Gasteiger partial charge on any atom is -0.378 e. The molecule has 1 aliphatic rings. The predicted octanol–water partition coefficient (Wildman–Crippen LogP) is 5.25. The molecule has 0 atom stereocenters. The summed E-state index contributed by atoms with van der Waals surface area (Å²) >= 11 is 6.97. The Bertz CT molecular complexity index is 1340. The molecule has 1 aliphatic heterocycles. The lowest BCUT2D eigenvalue weighted by molar-refractivity contribution is -0.137. The summed E-state index contributed by atoms with van der Waals surface area (Å²) in [6.45, 7) is 2.25. The van der Waals surface area contributed by atoms with Crippen LogP contribution in [0.25, 0.3) is 0 Å². The zero-order valence-electron chi connectivity index (χ0n) is 18.8. The number of ether oxygens (including phenoxy) is 1. The molecule has 2 aromatic carbocycles. The summed E-state index contributed by atoms with van der Waals surface area (Å²) in [6, 6.07) is 11.9. The standard InChI is InChI=1S/C22H21ClF3N5O3S2/c1-36(32,33)30-14-2-5-16(6-3-14)35-21-28-19(13-20(29-21)31-8-10-34-11-9-31)27-15-4-7-18(23)17(12-15)22(24,25)26/h2-7,12-13,30H,8-11H2,1H3,(H,27,28,29). The molecular weight excluding hydrogens is 539 g/mol. The first-order chi connectivity index (χ1) is 17.0. The van der Waals surface area contributed by atoms with Crippen LogP contribution in [0.2, 0.25) is 5.02 Å². The normalized spacial score (nSPS) is 14.5. The average Bonchev–Trinajstić information content (AvgIpc) is 2.80. The van der Waals surface area contributed by atoms with E-state index in [4.69, 9.17) is 16.3 Å². The first kappa shape index (κ1) is 26.3. The molecule has 14 heteroatoms. The van der Waals surface area contributed by atoms with Crippen LogP contribution in [0.4, 0.5) is 36.2 Å². The van der Waals surface area contributed by atoms with Gasteiger partial charge in [-0.3, -0.25) is 4.72 Å². The van der Waals surface area contributed by atoms with Crippen LogP contribution in [0.5, 0.6) is 0 Å². The van der Waals surface area contributed by atoms with Gasteiger partial charge in [0.2, 0.25) is 10.0 Å². The van der Waals surface area contributed by atoms with E-state index in [2.05, 4.69) is 20.0 Å². The molecule has 0 unspecified atom stereocenters. The van der Waals surface area contributed by atoms with E-state index in [1.807, 2.05) is 4.90 Å². The van der Waals surface area contributed by atoms with Crippen molar-refractivity contribution in [1.82, 2.24) is 9.97 Å². The minimum atomic E-state index is -4.60. The van der Waals surface area contributed by atoms with Crippen LogP contribution in [0.1, 0.15) is 5.56 Å². The number of hydrogen-bond donors (Lipinski definition) is 2. The maximum atomic E-state index is 13.3. The van der Waals surface area contributed by atoms with Gasteiger partial charge in [-0.25, -0.2) is 18.4 Å². The number of benzene rings is 2. The molecule has 2 heterocycles. The molecular formula is C22H21ClF3N5O3S2. The van der Waals surface area contributed by atoms with E-state index in [9.17, 15) is 21.6 Å². The monoisotopic (exact) mass is 559 g/mol. The number of morpholine rings is 1. The minimum absolute atomic E-state index is 0.172. The summed E-state index contributed by atoms with van der Waals surface area (Å²) in [6.07, 6.45) is -3.54. The van der Waals surface area contributed by atoms with E-state index in [0.29, 0.717) is 48.8 Å². The Labute approximate surface area is 215 Å². The van der Waals surface area contributed by atoms with Crippen LogP contribution >= 0.6 is 23.4 Å². The topological polar surface area (TPSA) is 96.5 Å². The maximum absolute atomic E-state index is 13.3. The number of nitrogens with zero attached hydrogens (tertiary/aromatic N) is 3. The molecule has 0 saturated carbocycles. The third kappa shape index (κ3) is 7.15. The number of hydrogen-bond acceptors (Lipinski definition) is 8. The van der Waals surface area contributed by atoms with Gasteiger partial charge in [0.1, 0.15) is 11.6 Å². The van der Waals surface area contributed by atoms with E-state index in [1.165, 1.54) is 23.9 Å². The maximum Gasteiger partial charge on any atom is 0.417 e. The summed E-state index contributed by atoms with van der Waals surface area (Å²) in [5.74, 6) is 0.901. The fraction of sp³-hybridized carbons (Fsp3) is 0.273. The molecule has 2 N–H and O–H groups in total. The van der Waals surface area contributed by atoms with Crippen molar-refractivity contribution >= 4 is 56.4 Å². The van der Waals surface area contributed by atoms with Crippen LogP contribution < -0.4 is 14.9 Å². The van der Waals surface area contributed by atoms with Crippen molar-refractivity contribution in [3.05, 3.63) is 59.1 Å². The zero-order chi connectivity index (χ0) is 25.9. The largest absolute Gasteiger partial charge is 0.417 e. The van der Waals surface area contributed by atoms with E-state index in [0.717, 1.165) is 17.2 Å². The lowest BCUT2D eigenvalue weighted by Gasteiger charge is -2.28. The Morgan fingerprint density at radius 3 is 2.33 bits per heavy atom. The van der Waals surface area contributed by atoms with Crippen LogP contribution in [0, 0.1) is 0 Å². The second-order valence-corrected chi connectivity index (χ2v) is 11.0. The lowest BCUT2D eigenvalue weighted by atomic mass is 10.2. The van der Waals surface area contributed by atoms with Gasteiger partial charge in [-0.1, -0.05) is 11.6 Å². The molecule has 192 valence electrons. The summed E-state index contributed by atoms with van der Waals surface area (Å²) in [7, 11) is -3.40. The van der Waals surface area contributed by atoms with E-state index < -0.39 is 26.8 Å². The molecule has 3 aromatic rings. The SMILES string of the molecule is CS(=O)(=O)Nc1ccc(Sc2nc(Nc3ccc(Cl)c(C(F)(F)F)c3)cc(N3CCOCC3)n2)cc1. The molecule has 0 bridgehead atoms. The lowest BCUT2D eigenvalue weighted by Crippen LogP contribution is -2.36. The van der Waals surface area contributed by atoms with Crippen LogP contribution in [-0.2, 0) is 20.9 Å². The number of nitrogens with one attached hydrogen (secondary N) is 2. The fourth-order valence-electron chi connectivity index (χ4n) is 3.36. The van der Waals surface area contributed by atoms with Gasteiger partial charge < -0.3 is 15.0 Å². The Balaban J connectivity index is 1.63. The Morgan fingerprint density at radius 2 is 1.69 bits per heavy atom. The van der Waals surface area contributed by atoms with Gasteiger partial charge in [-0.05, 0) is 54.2 Å². The molecule has 0 spiro atoms. The summed E-state index contributed by atoms with van der Waals surface area (Å²) in [5.41, 5.74) is -0.366. The first-order valence-electron chi connectivity index (χ1n) is 10.6. The van der Waals surface area contributed by atoms with Crippen molar-refractivity contribution in [2.75, 3.05) is 47.5 Å². The van der Waals surface area contributed by atoms with Crippen molar-refractivity contribution in [3.8, 4) is 0 Å². The van der Waals surface area contributed by atoms with Gasteiger partial charge >= 0.3 is 6.18 Å². The molecule has 1 aromatic heterocycles. The molecule has 1 fully saturated rings. The molecule has 8 nitrogen and oxygen atoms in total. The number of anilines is 4. The Morgan fingerprint density at radius 1 is 1.03 bits per heavy atom. The molecule has 4 rings (SSSR count). The number of alkyl halides is 3. The molecule has 36 heavy (non-hydrogen) atoms. The highest BCUT2D eigenvalue weighted by Crippen LogP contribution is 2.37. The van der Waals surface area contributed by atoms with E-state index >= 15 is 0 Å². The van der Waals surface area contributed by atoms with Crippen molar-refractivity contribution in [3.63, 3.8) is 0 Å². The van der Waals surface area contributed by atoms with Crippen LogP contribution in [-0.4, -0.2) is 50.9 Å². The summed E-state index contributed by atoms with van der Waals surface area (Å²) in [4.78, 5) is 11.8. The van der Waals surface area contributed by atoms with Crippen LogP contribution in [0.15, 0.2) is 58.6 Å².